The van der Waals surface area contributed by atoms with E-state index in [4.69, 9.17) is 0 Å². The number of anilines is 1. The van der Waals surface area contributed by atoms with Crippen molar-refractivity contribution in [1.82, 2.24) is 9.13 Å². The zero-order chi connectivity index (χ0) is 21.5. The van der Waals surface area contributed by atoms with Crippen molar-refractivity contribution in [1.29, 1.82) is 0 Å². The van der Waals surface area contributed by atoms with Gasteiger partial charge in [0.05, 0.1) is 21.6 Å². The van der Waals surface area contributed by atoms with Gasteiger partial charge in [-0.3, -0.25) is 13.9 Å². The van der Waals surface area contributed by atoms with Crippen molar-refractivity contribution >= 4 is 54.4 Å². The van der Waals surface area contributed by atoms with Crippen molar-refractivity contribution in [3.63, 3.8) is 0 Å². The molecule has 1 aromatic heterocycles. The van der Waals surface area contributed by atoms with Crippen LogP contribution in [0.4, 0.5) is 5.69 Å². The number of rotatable bonds is 5. The van der Waals surface area contributed by atoms with Crippen LogP contribution in [0.5, 0.6) is 0 Å². The van der Waals surface area contributed by atoms with Gasteiger partial charge in [0.1, 0.15) is 0 Å². The van der Waals surface area contributed by atoms with Gasteiger partial charge >= 0.3 is 5.69 Å². The highest BCUT2D eigenvalue weighted by atomic mass is 79.9. The molecule has 4 aromatic rings. The van der Waals surface area contributed by atoms with Gasteiger partial charge in [0.2, 0.25) is 0 Å². The molecule has 0 atom stereocenters. The summed E-state index contributed by atoms with van der Waals surface area (Å²) in [4.78, 5) is 14.2. The number of imidazole rings is 1. The third kappa shape index (κ3) is 3.92. The number of fused-ring (bicyclic) bond motifs is 1. The van der Waals surface area contributed by atoms with E-state index in [9.17, 15) is 13.2 Å². The van der Waals surface area contributed by atoms with Gasteiger partial charge in [-0.1, -0.05) is 45.9 Å². The standard InChI is InChI=1S/C21H18BrN3O3S2/c1-24-18-12-17(23-30(27,28)16-10-8-14(22)9-11-16)20(13-19(18)25(2)21(24)26)29-15-6-4-3-5-7-15/h3-13,23H,1-2H3. The van der Waals surface area contributed by atoms with Crippen molar-refractivity contribution < 1.29 is 8.42 Å². The molecular formula is C21H18BrN3O3S2. The smallest absolute Gasteiger partial charge is 0.295 e. The van der Waals surface area contributed by atoms with Crippen LogP contribution in [0.3, 0.4) is 0 Å². The molecule has 0 saturated carbocycles. The molecule has 154 valence electrons. The molecule has 0 aliphatic heterocycles. The lowest BCUT2D eigenvalue weighted by atomic mass is 10.3. The molecule has 0 bridgehead atoms. The van der Waals surface area contributed by atoms with Crippen molar-refractivity contribution in [3.8, 4) is 0 Å². The zero-order valence-corrected chi connectivity index (χ0v) is 19.4. The Balaban J connectivity index is 1.85. The second-order valence-corrected chi connectivity index (χ2v) is 10.4. The summed E-state index contributed by atoms with van der Waals surface area (Å²) in [6.07, 6.45) is 0. The number of sulfonamides is 1. The van der Waals surface area contributed by atoms with Gasteiger partial charge in [-0.2, -0.15) is 0 Å². The van der Waals surface area contributed by atoms with Crippen LogP contribution < -0.4 is 10.4 Å². The molecule has 4 rings (SSSR count). The summed E-state index contributed by atoms with van der Waals surface area (Å²) in [6.45, 7) is 0. The first-order valence-corrected chi connectivity index (χ1v) is 12.1. The van der Waals surface area contributed by atoms with E-state index in [1.165, 1.54) is 28.5 Å². The number of aryl methyl sites for hydroxylation is 2. The number of hydrogen-bond donors (Lipinski definition) is 1. The van der Waals surface area contributed by atoms with E-state index in [1.807, 2.05) is 36.4 Å². The minimum absolute atomic E-state index is 0.156. The van der Waals surface area contributed by atoms with E-state index in [0.29, 0.717) is 16.1 Å². The Labute approximate surface area is 186 Å². The average molecular weight is 504 g/mol. The summed E-state index contributed by atoms with van der Waals surface area (Å²) in [6, 6.07) is 19.6. The van der Waals surface area contributed by atoms with E-state index < -0.39 is 10.0 Å². The van der Waals surface area contributed by atoms with Crippen LogP contribution in [-0.2, 0) is 24.1 Å². The molecule has 0 saturated heterocycles. The predicted octanol–water partition coefficient (Wildman–Crippen LogP) is 4.59. The first-order chi connectivity index (χ1) is 14.3. The molecule has 6 nitrogen and oxygen atoms in total. The van der Waals surface area contributed by atoms with Crippen molar-refractivity contribution in [3.05, 3.63) is 81.7 Å². The number of benzene rings is 3. The summed E-state index contributed by atoms with van der Waals surface area (Å²) < 4.78 is 32.6. The van der Waals surface area contributed by atoms with Gasteiger partial charge in [-0.15, -0.1) is 0 Å². The number of hydrogen-bond acceptors (Lipinski definition) is 4. The summed E-state index contributed by atoms with van der Waals surface area (Å²) in [5, 5.41) is 0. The van der Waals surface area contributed by atoms with Crippen molar-refractivity contribution in [2.24, 2.45) is 14.1 Å². The van der Waals surface area contributed by atoms with Crippen LogP contribution in [-0.4, -0.2) is 17.6 Å². The van der Waals surface area contributed by atoms with Gasteiger partial charge in [-0.25, -0.2) is 13.2 Å². The lowest BCUT2D eigenvalue weighted by Crippen LogP contribution is -2.19. The molecule has 9 heteroatoms. The highest BCUT2D eigenvalue weighted by Crippen LogP contribution is 2.37. The second kappa shape index (κ2) is 7.98. The van der Waals surface area contributed by atoms with Gasteiger partial charge in [-0.05, 0) is 48.5 Å². The Hall–Kier alpha value is -2.49. The van der Waals surface area contributed by atoms with Crippen molar-refractivity contribution in [2.45, 2.75) is 14.7 Å². The molecule has 0 unspecified atom stereocenters. The van der Waals surface area contributed by atoms with Crippen LogP contribution in [0.15, 0.2) is 90.7 Å². The normalized spacial score (nSPS) is 11.7. The molecular weight excluding hydrogens is 486 g/mol. The van der Waals surface area contributed by atoms with Crippen LogP contribution in [0.25, 0.3) is 11.0 Å². The highest BCUT2D eigenvalue weighted by molar-refractivity contribution is 9.10. The molecule has 0 fully saturated rings. The lowest BCUT2D eigenvalue weighted by Gasteiger charge is -2.14. The highest BCUT2D eigenvalue weighted by Gasteiger charge is 2.19. The van der Waals surface area contributed by atoms with Crippen molar-refractivity contribution in [2.75, 3.05) is 4.72 Å². The minimum Gasteiger partial charge on any atom is -0.295 e. The molecule has 1 N–H and O–H groups in total. The van der Waals surface area contributed by atoms with Crippen LogP contribution >= 0.6 is 27.7 Å². The maximum atomic E-state index is 13.0. The third-order valence-corrected chi connectivity index (χ3v) is 7.69. The molecule has 30 heavy (non-hydrogen) atoms. The molecule has 0 aliphatic rings. The van der Waals surface area contributed by atoms with Crippen LogP contribution in [0.2, 0.25) is 0 Å². The van der Waals surface area contributed by atoms with E-state index >= 15 is 0 Å². The Morgan fingerprint density at radius 1 is 0.900 bits per heavy atom. The molecule has 1 heterocycles. The molecule has 0 radical (unpaired) electrons. The predicted molar refractivity (Wildman–Crippen MR) is 124 cm³/mol. The quantitative estimate of drug-likeness (QED) is 0.432. The first-order valence-electron chi connectivity index (χ1n) is 8.97. The maximum absolute atomic E-state index is 13.0. The monoisotopic (exact) mass is 503 g/mol. The van der Waals surface area contributed by atoms with Crippen LogP contribution in [0, 0.1) is 0 Å². The Morgan fingerprint density at radius 3 is 2.13 bits per heavy atom. The second-order valence-electron chi connectivity index (χ2n) is 6.71. The fourth-order valence-corrected chi connectivity index (χ4v) is 5.46. The third-order valence-electron chi connectivity index (χ3n) is 4.71. The van der Waals surface area contributed by atoms with Gasteiger partial charge < -0.3 is 0 Å². The minimum atomic E-state index is -3.81. The zero-order valence-electron chi connectivity index (χ0n) is 16.2. The van der Waals surface area contributed by atoms with Crippen LogP contribution in [0.1, 0.15) is 0 Å². The van der Waals surface area contributed by atoms with Gasteiger partial charge in [0.15, 0.2) is 0 Å². The molecule has 0 amide bonds. The molecule has 0 aliphatic carbocycles. The fraction of sp³-hybridized carbons (Fsp3) is 0.0952. The summed E-state index contributed by atoms with van der Waals surface area (Å²) in [5.41, 5.74) is 1.62. The SMILES string of the molecule is Cn1c(=O)n(C)c2cc(Sc3ccccc3)c(NS(=O)(=O)c3ccc(Br)cc3)cc21. The van der Waals surface area contributed by atoms with E-state index in [1.54, 1.807) is 36.9 Å². The summed E-state index contributed by atoms with van der Waals surface area (Å²) in [7, 11) is -0.438. The maximum Gasteiger partial charge on any atom is 0.328 e. The van der Waals surface area contributed by atoms with Gasteiger partial charge in [0, 0.05) is 28.4 Å². The van der Waals surface area contributed by atoms with E-state index in [-0.39, 0.29) is 10.6 Å². The Bertz CT molecular complexity index is 1390. The van der Waals surface area contributed by atoms with Gasteiger partial charge in [0.25, 0.3) is 10.0 Å². The summed E-state index contributed by atoms with van der Waals surface area (Å²) in [5.74, 6) is 0. The largest absolute Gasteiger partial charge is 0.328 e. The average Bonchev–Trinajstić information content (AvgIpc) is 2.93. The number of nitrogens with one attached hydrogen (secondary N) is 1. The topological polar surface area (TPSA) is 73.1 Å². The van der Waals surface area contributed by atoms with E-state index in [0.717, 1.165) is 14.9 Å². The lowest BCUT2D eigenvalue weighted by molar-refractivity contribution is 0.601. The molecule has 3 aromatic carbocycles. The number of halogens is 1. The first kappa shape index (κ1) is 20.8. The fourth-order valence-electron chi connectivity index (χ4n) is 3.12. The Morgan fingerprint density at radius 2 is 1.50 bits per heavy atom. The number of nitrogens with zero attached hydrogens (tertiary/aromatic N) is 2. The van der Waals surface area contributed by atoms with E-state index in [2.05, 4.69) is 20.7 Å². The number of aromatic nitrogens is 2. The molecule has 0 spiro atoms. The summed E-state index contributed by atoms with van der Waals surface area (Å²) >= 11 is 4.75. The Kier molecular flexibility index (Phi) is 5.52.